The van der Waals surface area contributed by atoms with E-state index < -0.39 is 5.97 Å². The highest BCUT2D eigenvalue weighted by Gasteiger charge is 2.10. The van der Waals surface area contributed by atoms with Crippen molar-refractivity contribution in [1.29, 1.82) is 0 Å². The van der Waals surface area contributed by atoms with Crippen molar-refractivity contribution in [2.24, 2.45) is 0 Å². The second-order valence-corrected chi connectivity index (χ2v) is 2.74. The molecule has 5 heteroatoms. The van der Waals surface area contributed by atoms with Crippen LogP contribution in [0.4, 0.5) is 0 Å². The topological polar surface area (TPSA) is 72.3 Å². The van der Waals surface area contributed by atoms with E-state index in [0.29, 0.717) is 12.3 Å². The lowest BCUT2D eigenvalue weighted by Crippen LogP contribution is -2.07. The molecule has 0 bridgehead atoms. The van der Waals surface area contributed by atoms with Gasteiger partial charge in [-0.3, -0.25) is 0 Å². The fourth-order valence-electron chi connectivity index (χ4n) is 0.962. The van der Waals surface area contributed by atoms with Crippen molar-refractivity contribution in [2.75, 3.05) is 6.61 Å². The predicted octanol–water partition coefficient (Wildman–Crippen LogP) is 1.10. The number of carbonyl (C=O) groups is 1. The Hall–Kier alpha value is -1.49. The molecule has 76 valence electrons. The van der Waals surface area contributed by atoms with Crippen molar-refractivity contribution < 1.29 is 14.6 Å². The number of rotatable bonds is 5. The van der Waals surface area contributed by atoms with Crippen LogP contribution in [0.5, 0.6) is 0 Å². The molecule has 0 atom stereocenters. The number of carboxylic acids is 1. The van der Waals surface area contributed by atoms with E-state index in [4.69, 9.17) is 9.84 Å². The highest BCUT2D eigenvalue weighted by molar-refractivity contribution is 5.88. The van der Waals surface area contributed by atoms with Crippen LogP contribution in [0.1, 0.15) is 29.4 Å². The number of aromatic nitrogens is 2. The van der Waals surface area contributed by atoms with Crippen LogP contribution in [-0.4, -0.2) is 27.7 Å². The molecule has 0 unspecified atom stereocenters. The first kappa shape index (κ1) is 10.6. The Balaban J connectivity index is 2.69. The van der Waals surface area contributed by atoms with Crippen molar-refractivity contribution in [3.05, 3.63) is 23.8 Å². The normalized spacial score (nSPS) is 10.1. The lowest BCUT2D eigenvalue weighted by atomic mass is 10.2. The summed E-state index contributed by atoms with van der Waals surface area (Å²) >= 11 is 0. The van der Waals surface area contributed by atoms with Crippen LogP contribution in [0.2, 0.25) is 0 Å². The molecule has 1 heterocycles. The maximum atomic E-state index is 10.7. The van der Waals surface area contributed by atoms with Gasteiger partial charge in [-0.05, 0) is 6.42 Å². The molecule has 0 saturated carbocycles. The molecule has 0 fully saturated rings. The molecule has 5 nitrogen and oxygen atoms in total. The summed E-state index contributed by atoms with van der Waals surface area (Å²) in [5.74, 6) is -1.03. The maximum Gasteiger partial charge on any atom is 0.339 e. The standard InChI is InChI=1S/C9H12N2O3/c1-2-3-14-5-8-7(9(12)13)4-10-6-11-8/h4,6H,2-3,5H2,1H3,(H,12,13). The number of hydrogen-bond donors (Lipinski definition) is 1. The Morgan fingerprint density at radius 1 is 1.64 bits per heavy atom. The van der Waals surface area contributed by atoms with Gasteiger partial charge in [0.15, 0.2) is 0 Å². The van der Waals surface area contributed by atoms with Crippen LogP contribution in [0.3, 0.4) is 0 Å². The van der Waals surface area contributed by atoms with Gasteiger partial charge in [0, 0.05) is 12.8 Å². The zero-order valence-corrected chi connectivity index (χ0v) is 7.93. The van der Waals surface area contributed by atoms with Gasteiger partial charge in [-0.1, -0.05) is 6.92 Å². The second kappa shape index (κ2) is 5.29. The Labute approximate surface area is 81.8 Å². The molecule has 0 aliphatic rings. The molecule has 0 amide bonds. The molecule has 0 saturated heterocycles. The number of ether oxygens (including phenoxy) is 1. The molecule has 0 radical (unpaired) electrons. The predicted molar refractivity (Wildman–Crippen MR) is 48.9 cm³/mol. The summed E-state index contributed by atoms with van der Waals surface area (Å²) in [6.07, 6.45) is 3.49. The van der Waals surface area contributed by atoms with Crippen molar-refractivity contribution >= 4 is 5.97 Å². The van der Waals surface area contributed by atoms with Gasteiger partial charge in [-0.25, -0.2) is 14.8 Å². The zero-order chi connectivity index (χ0) is 10.4. The molecular weight excluding hydrogens is 184 g/mol. The van der Waals surface area contributed by atoms with E-state index in [1.807, 2.05) is 6.92 Å². The van der Waals surface area contributed by atoms with E-state index in [1.54, 1.807) is 0 Å². The summed E-state index contributed by atoms with van der Waals surface area (Å²) in [7, 11) is 0. The van der Waals surface area contributed by atoms with E-state index in [9.17, 15) is 4.79 Å². The Kier molecular flexibility index (Phi) is 4.00. The van der Waals surface area contributed by atoms with Crippen molar-refractivity contribution in [3.8, 4) is 0 Å². The lowest BCUT2D eigenvalue weighted by molar-refractivity contribution is 0.0684. The Bertz CT molecular complexity index is 315. The summed E-state index contributed by atoms with van der Waals surface area (Å²) < 4.78 is 5.21. The molecule has 0 spiro atoms. The minimum Gasteiger partial charge on any atom is -0.478 e. The fraction of sp³-hybridized carbons (Fsp3) is 0.444. The summed E-state index contributed by atoms with van der Waals surface area (Å²) in [5.41, 5.74) is 0.518. The summed E-state index contributed by atoms with van der Waals surface area (Å²) in [6, 6.07) is 0. The van der Waals surface area contributed by atoms with Crippen LogP contribution >= 0.6 is 0 Å². The number of aromatic carboxylic acids is 1. The van der Waals surface area contributed by atoms with Crippen LogP contribution in [0.15, 0.2) is 12.5 Å². The molecule has 14 heavy (non-hydrogen) atoms. The SMILES string of the molecule is CCCOCc1ncncc1C(=O)O. The highest BCUT2D eigenvalue weighted by Crippen LogP contribution is 2.05. The molecule has 1 rings (SSSR count). The van der Waals surface area contributed by atoms with Crippen molar-refractivity contribution in [3.63, 3.8) is 0 Å². The number of nitrogens with zero attached hydrogens (tertiary/aromatic N) is 2. The third kappa shape index (κ3) is 2.77. The minimum atomic E-state index is -1.03. The fourth-order valence-corrected chi connectivity index (χ4v) is 0.962. The van der Waals surface area contributed by atoms with Gasteiger partial charge in [0.05, 0.1) is 12.3 Å². The van der Waals surface area contributed by atoms with E-state index >= 15 is 0 Å². The second-order valence-electron chi connectivity index (χ2n) is 2.74. The van der Waals surface area contributed by atoms with Crippen LogP contribution in [0.25, 0.3) is 0 Å². The van der Waals surface area contributed by atoms with E-state index in [0.717, 1.165) is 6.42 Å². The summed E-state index contributed by atoms with van der Waals surface area (Å²) in [5, 5.41) is 8.79. The summed E-state index contributed by atoms with van der Waals surface area (Å²) in [6.45, 7) is 2.80. The first-order chi connectivity index (χ1) is 6.75. The molecule has 0 aromatic carbocycles. The van der Waals surface area contributed by atoms with Gasteiger partial charge < -0.3 is 9.84 Å². The van der Waals surface area contributed by atoms with E-state index in [2.05, 4.69) is 9.97 Å². The molecular formula is C9H12N2O3. The van der Waals surface area contributed by atoms with Crippen LogP contribution in [0, 0.1) is 0 Å². The number of carboxylic acid groups (broad SMARTS) is 1. The Morgan fingerprint density at radius 3 is 3.07 bits per heavy atom. The Morgan fingerprint density at radius 2 is 2.43 bits per heavy atom. The van der Waals surface area contributed by atoms with Gasteiger partial charge in [0.2, 0.25) is 0 Å². The quantitative estimate of drug-likeness (QED) is 0.714. The monoisotopic (exact) mass is 196 g/mol. The van der Waals surface area contributed by atoms with Gasteiger partial charge >= 0.3 is 5.97 Å². The first-order valence-electron chi connectivity index (χ1n) is 4.35. The average molecular weight is 196 g/mol. The van der Waals surface area contributed by atoms with Crippen LogP contribution < -0.4 is 0 Å². The largest absolute Gasteiger partial charge is 0.478 e. The van der Waals surface area contributed by atoms with Gasteiger partial charge in [0.1, 0.15) is 11.9 Å². The van der Waals surface area contributed by atoms with Crippen molar-refractivity contribution in [1.82, 2.24) is 9.97 Å². The third-order valence-corrected chi connectivity index (χ3v) is 1.61. The van der Waals surface area contributed by atoms with Gasteiger partial charge in [-0.15, -0.1) is 0 Å². The van der Waals surface area contributed by atoms with Gasteiger partial charge in [0.25, 0.3) is 0 Å². The van der Waals surface area contributed by atoms with E-state index in [-0.39, 0.29) is 12.2 Å². The van der Waals surface area contributed by atoms with Crippen LogP contribution in [-0.2, 0) is 11.3 Å². The molecule has 1 aromatic rings. The summed E-state index contributed by atoms with van der Waals surface area (Å²) in [4.78, 5) is 18.2. The molecule has 1 N–H and O–H groups in total. The van der Waals surface area contributed by atoms with Crippen molar-refractivity contribution in [2.45, 2.75) is 20.0 Å². The third-order valence-electron chi connectivity index (χ3n) is 1.61. The van der Waals surface area contributed by atoms with E-state index in [1.165, 1.54) is 12.5 Å². The van der Waals surface area contributed by atoms with Gasteiger partial charge in [-0.2, -0.15) is 0 Å². The maximum absolute atomic E-state index is 10.7. The highest BCUT2D eigenvalue weighted by atomic mass is 16.5. The minimum absolute atomic E-state index is 0.101. The zero-order valence-electron chi connectivity index (χ0n) is 7.93. The lowest BCUT2D eigenvalue weighted by Gasteiger charge is -2.04. The average Bonchev–Trinajstić information content (AvgIpc) is 2.19. The molecule has 0 aliphatic carbocycles. The smallest absolute Gasteiger partial charge is 0.339 e. The molecule has 0 aliphatic heterocycles. The molecule has 1 aromatic heterocycles. The first-order valence-corrected chi connectivity index (χ1v) is 4.35. The number of hydrogen-bond acceptors (Lipinski definition) is 4.